The van der Waals surface area contributed by atoms with Crippen molar-refractivity contribution in [2.45, 2.75) is 6.04 Å². The molecule has 18 heavy (non-hydrogen) atoms. The van der Waals surface area contributed by atoms with Gasteiger partial charge in [0.2, 0.25) is 5.91 Å². The lowest BCUT2D eigenvalue weighted by Crippen LogP contribution is -2.27. The smallest absolute Gasteiger partial charge is 0.246 e. The highest BCUT2D eigenvalue weighted by Gasteiger charge is 2.18. The van der Waals surface area contributed by atoms with E-state index in [4.69, 9.17) is 17.3 Å². The molecule has 0 aliphatic heterocycles. The molecule has 3 nitrogen and oxygen atoms in total. The molecule has 1 aromatic heterocycles. The number of thiophene rings is 1. The van der Waals surface area contributed by atoms with Gasteiger partial charge < -0.3 is 11.1 Å². The predicted molar refractivity (Wildman–Crippen MR) is 79.0 cm³/mol. The zero-order valence-electron chi connectivity index (χ0n) is 9.19. The quantitative estimate of drug-likeness (QED) is 0.889. The molecule has 0 spiro atoms. The van der Waals surface area contributed by atoms with Crippen LogP contribution in [0.2, 0.25) is 5.02 Å². The van der Waals surface area contributed by atoms with E-state index < -0.39 is 6.04 Å². The lowest BCUT2D eigenvalue weighted by Gasteiger charge is -2.12. The number of amides is 1. The van der Waals surface area contributed by atoms with Crippen LogP contribution in [0.3, 0.4) is 0 Å². The SMILES string of the molecule is NC(C(=O)Nc1cccc(Cl)c1Br)c1cccs1. The standard InChI is InChI=1S/C12H10BrClN2OS/c13-10-7(14)3-1-4-8(10)16-12(17)11(15)9-5-2-6-18-9/h1-6,11H,15H2,(H,16,17). The molecule has 1 heterocycles. The second-order valence-electron chi connectivity index (χ2n) is 3.58. The van der Waals surface area contributed by atoms with E-state index in [0.29, 0.717) is 15.2 Å². The molecule has 0 aliphatic rings. The van der Waals surface area contributed by atoms with Crippen molar-refractivity contribution in [1.29, 1.82) is 0 Å². The molecular weight excluding hydrogens is 336 g/mol. The molecule has 6 heteroatoms. The summed E-state index contributed by atoms with van der Waals surface area (Å²) in [6.45, 7) is 0. The highest BCUT2D eigenvalue weighted by atomic mass is 79.9. The van der Waals surface area contributed by atoms with E-state index in [0.717, 1.165) is 4.88 Å². The van der Waals surface area contributed by atoms with Gasteiger partial charge in [-0.05, 0) is 39.5 Å². The monoisotopic (exact) mass is 344 g/mol. The fourth-order valence-electron chi connectivity index (χ4n) is 1.41. The van der Waals surface area contributed by atoms with Gasteiger partial charge in [-0.2, -0.15) is 0 Å². The largest absolute Gasteiger partial charge is 0.323 e. The van der Waals surface area contributed by atoms with Crippen molar-refractivity contribution in [3.63, 3.8) is 0 Å². The van der Waals surface area contributed by atoms with Crippen LogP contribution >= 0.6 is 38.9 Å². The summed E-state index contributed by atoms with van der Waals surface area (Å²) >= 11 is 10.7. The van der Waals surface area contributed by atoms with E-state index in [1.165, 1.54) is 11.3 Å². The number of carbonyl (C=O) groups excluding carboxylic acids is 1. The van der Waals surface area contributed by atoms with Crippen LogP contribution in [0.5, 0.6) is 0 Å². The van der Waals surface area contributed by atoms with Crippen molar-refractivity contribution < 1.29 is 4.79 Å². The first-order chi connectivity index (χ1) is 8.59. The number of anilines is 1. The Morgan fingerprint density at radius 3 is 2.83 bits per heavy atom. The first-order valence-electron chi connectivity index (χ1n) is 5.13. The molecule has 0 saturated heterocycles. The molecule has 2 rings (SSSR count). The second kappa shape index (κ2) is 5.84. The van der Waals surface area contributed by atoms with Gasteiger partial charge >= 0.3 is 0 Å². The zero-order valence-corrected chi connectivity index (χ0v) is 12.3. The molecule has 1 aromatic carbocycles. The molecule has 1 unspecified atom stereocenters. The van der Waals surface area contributed by atoms with Crippen LogP contribution < -0.4 is 11.1 Å². The van der Waals surface area contributed by atoms with Crippen molar-refractivity contribution in [2.24, 2.45) is 5.73 Å². The Hall–Kier alpha value is -0.880. The first-order valence-corrected chi connectivity index (χ1v) is 7.18. The Morgan fingerprint density at radius 2 is 2.17 bits per heavy atom. The molecule has 0 radical (unpaired) electrons. The minimum absolute atomic E-state index is 0.264. The van der Waals surface area contributed by atoms with Crippen molar-refractivity contribution in [3.05, 3.63) is 50.1 Å². The summed E-state index contributed by atoms with van der Waals surface area (Å²) in [6.07, 6.45) is 0. The maximum atomic E-state index is 12.0. The third-order valence-corrected chi connectivity index (χ3v) is 4.69. The first kappa shape index (κ1) is 13.5. The van der Waals surface area contributed by atoms with Gasteiger partial charge in [-0.15, -0.1) is 11.3 Å². The van der Waals surface area contributed by atoms with Crippen LogP contribution in [-0.2, 0) is 4.79 Å². The number of hydrogen-bond acceptors (Lipinski definition) is 3. The molecule has 1 amide bonds. The third kappa shape index (κ3) is 2.92. The Morgan fingerprint density at radius 1 is 1.39 bits per heavy atom. The van der Waals surface area contributed by atoms with Gasteiger partial charge in [-0.1, -0.05) is 23.7 Å². The molecule has 94 valence electrons. The van der Waals surface area contributed by atoms with Gasteiger partial charge in [0.25, 0.3) is 0 Å². The summed E-state index contributed by atoms with van der Waals surface area (Å²) < 4.78 is 0.651. The van der Waals surface area contributed by atoms with Crippen molar-refractivity contribution in [2.75, 3.05) is 5.32 Å². The minimum atomic E-state index is -0.670. The lowest BCUT2D eigenvalue weighted by atomic mass is 10.2. The average molecular weight is 346 g/mol. The summed E-state index contributed by atoms with van der Waals surface area (Å²) in [5.41, 5.74) is 6.48. The normalized spacial score (nSPS) is 12.2. The maximum absolute atomic E-state index is 12.0. The summed E-state index contributed by atoms with van der Waals surface area (Å²) in [4.78, 5) is 12.8. The number of carbonyl (C=O) groups is 1. The Balaban J connectivity index is 2.14. The van der Waals surface area contributed by atoms with Crippen LogP contribution in [0.25, 0.3) is 0 Å². The molecule has 2 aromatic rings. The molecular formula is C12H10BrClN2OS. The Kier molecular flexibility index (Phi) is 4.40. The molecule has 0 saturated carbocycles. The van der Waals surface area contributed by atoms with E-state index in [9.17, 15) is 4.79 Å². The summed E-state index contributed by atoms with van der Waals surface area (Å²) in [6, 6.07) is 8.29. The van der Waals surface area contributed by atoms with Crippen molar-refractivity contribution in [3.8, 4) is 0 Å². The van der Waals surface area contributed by atoms with Gasteiger partial charge in [0.15, 0.2) is 0 Å². The van der Waals surface area contributed by atoms with E-state index in [2.05, 4.69) is 21.2 Å². The van der Waals surface area contributed by atoms with Crippen LogP contribution in [0.1, 0.15) is 10.9 Å². The summed E-state index contributed by atoms with van der Waals surface area (Å²) in [5.74, 6) is -0.264. The molecule has 0 bridgehead atoms. The van der Waals surface area contributed by atoms with Gasteiger partial charge in [0.1, 0.15) is 6.04 Å². The molecule has 0 aliphatic carbocycles. The number of rotatable bonds is 3. The third-order valence-electron chi connectivity index (χ3n) is 2.34. The Labute approximate surface area is 122 Å². The van der Waals surface area contributed by atoms with Gasteiger partial charge in [-0.25, -0.2) is 0 Å². The highest BCUT2D eigenvalue weighted by Crippen LogP contribution is 2.30. The topological polar surface area (TPSA) is 55.1 Å². The number of hydrogen-bond donors (Lipinski definition) is 2. The predicted octanol–water partition coefficient (Wildman–Crippen LogP) is 3.80. The fourth-order valence-corrected chi connectivity index (χ4v) is 2.67. The lowest BCUT2D eigenvalue weighted by molar-refractivity contribution is -0.117. The minimum Gasteiger partial charge on any atom is -0.323 e. The van der Waals surface area contributed by atoms with Gasteiger partial charge in [0, 0.05) is 4.88 Å². The molecule has 3 N–H and O–H groups in total. The fraction of sp³-hybridized carbons (Fsp3) is 0.0833. The Bertz CT molecular complexity index is 559. The van der Waals surface area contributed by atoms with Crippen molar-refractivity contribution in [1.82, 2.24) is 0 Å². The number of nitrogens with two attached hydrogens (primary N) is 1. The van der Waals surface area contributed by atoms with E-state index in [-0.39, 0.29) is 5.91 Å². The maximum Gasteiger partial charge on any atom is 0.246 e. The number of halogens is 2. The molecule has 0 fully saturated rings. The zero-order chi connectivity index (χ0) is 13.1. The van der Waals surface area contributed by atoms with Gasteiger partial charge in [0.05, 0.1) is 15.2 Å². The summed E-state index contributed by atoms with van der Waals surface area (Å²) in [5, 5.41) is 5.18. The second-order valence-corrected chi connectivity index (χ2v) is 5.76. The highest BCUT2D eigenvalue weighted by molar-refractivity contribution is 9.10. The van der Waals surface area contributed by atoms with E-state index >= 15 is 0 Å². The average Bonchev–Trinajstić information content (AvgIpc) is 2.87. The molecule has 1 atom stereocenters. The van der Waals surface area contributed by atoms with Crippen molar-refractivity contribution >= 4 is 50.5 Å². The van der Waals surface area contributed by atoms with E-state index in [1.807, 2.05) is 17.5 Å². The van der Waals surface area contributed by atoms with Crippen LogP contribution in [0.15, 0.2) is 40.2 Å². The number of nitrogens with one attached hydrogen (secondary N) is 1. The van der Waals surface area contributed by atoms with Gasteiger partial charge in [-0.3, -0.25) is 4.79 Å². The number of benzene rings is 1. The van der Waals surface area contributed by atoms with Crippen LogP contribution in [0, 0.1) is 0 Å². The van der Waals surface area contributed by atoms with E-state index in [1.54, 1.807) is 18.2 Å². The van der Waals surface area contributed by atoms with Crippen LogP contribution in [0.4, 0.5) is 5.69 Å². The summed E-state index contributed by atoms with van der Waals surface area (Å²) in [7, 11) is 0. The van der Waals surface area contributed by atoms with Crippen LogP contribution in [-0.4, -0.2) is 5.91 Å².